The number of carbonyl (C=O) groups is 1. The van der Waals surface area contributed by atoms with Crippen LogP contribution in [0, 0.1) is 17.6 Å². The van der Waals surface area contributed by atoms with Gasteiger partial charge in [-0.05, 0) is 30.9 Å². The Morgan fingerprint density at radius 1 is 1.20 bits per heavy atom. The smallest absolute Gasteiger partial charge is 0.257 e. The van der Waals surface area contributed by atoms with Crippen LogP contribution >= 0.6 is 15.9 Å². The predicted molar refractivity (Wildman–Crippen MR) is 77.6 cm³/mol. The van der Waals surface area contributed by atoms with Crippen LogP contribution in [-0.2, 0) is 0 Å². The standard InChI is InChI=1S/C15H18BrF2NO/c1-9-5-3-2-4-6-13(9)19-15(20)14-11(17)7-10(16)8-12(14)18/h7-9,13H,2-6H2,1H3,(H,19,20). The van der Waals surface area contributed by atoms with Crippen LogP contribution in [0.25, 0.3) is 0 Å². The van der Waals surface area contributed by atoms with Crippen molar-refractivity contribution in [1.82, 2.24) is 5.32 Å². The van der Waals surface area contributed by atoms with Gasteiger partial charge in [-0.25, -0.2) is 8.78 Å². The van der Waals surface area contributed by atoms with Gasteiger partial charge in [-0.2, -0.15) is 0 Å². The van der Waals surface area contributed by atoms with E-state index in [1.54, 1.807) is 0 Å². The molecule has 1 amide bonds. The van der Waals surface area contributed by atoms with Gasteiger partial charge in [-0.1, -0.05) is 42.1 Å². The summed E-state index contributed by atoms with van der Waals surface area (Å²) in [4.78, 5) is 12.1. The second-order valence-corrected chi connectivity index (χ2v) is 6.36. The molecule has 0 saturated heterocycles. The van der Waals surface area contributed by atoms with Crippen molar-refractivity contribution in [3.05, 3.63) is 33.8 Å². The Labute approximate surface area is 126 Å². The molecule has 110 valence electrons. The van der Waals surface area contributed by atoms with E-state index in [4.69, 9.17) is 0 Å². The summed E-state index contributed by atoms with van der Waals surface area (Å²) >= 11 is 3.00. The van der Waals surface area contributed by atoms with E-state index < -0.39 is 23.1 Å². The molecule has 0 aromatic heterocycles. The quantitative estimate of drug-likeness (QED) is 0.789. The van der Waals surface area contributed by atoms with Gasteiger partial charge in [-0.15, -0.1) is 0 Å². The average molecular weight is 346 g/mol. The maximum atomic E-state index is 13.8. The second kappa shape index (κ2) is 6.66. The molecule has 0 bridgehead atoms. The van der Waals surface area contributed by atoms with E-state index in [0.717, 1.165) is 44.2 Å². The molecule has 2 unspecified atom stereocenters. The van der Waals surface area contributed by atoms with Gasteiger partial charge in [-0.3, -0.25) is 4.79 Å². The number of amides is 1. The van der Waals surface area contributed by atoms with E-state index in [9.17, 15) is 13.6 Å². The lowest BCUT2D eigenvalue weighted by Gasteiger charge is -2.23. The van der Waals surface area contributed by atoms with Crippen molar-refractivity contribution < 1.29 is 13.6 Å². The van der Waals surface area contributed by atoms with E-state index in [2.05, 4.69) is 28.2 Å². The van der Waals surface area contributed by atoms with Crippen LogP contribution in [0.15, 0.2) is 16.6 Å². The Kier molecular flexibility index (Phi) is 5.13. The fourth-order valence-corrected chi connectivity index (χ4v) is 3.11. The molecule has 1 fully saturated rings. The third-order valence-electron chi connectivity index (χ3n) is 3.91. The number of rotatable bonds is 2. The van der Waals surface area contributed by atoms with Crippen molar-refractivity contribution in [3.63, 3.8) is 0 Å². The first-order valence-electron chi connectivity index (χ1n) is 6.94. The minimum Gasteiger partial charge on any atom is -0.349 e. The zero-order valence-electron chi connectivity index (χ0n) is 11.4. The highest BCUT2D eigenvalue weighted by molar-refractivity contribution is 9.10. The zero-order chi connectivity index (χ0) is 14.7. The number of halogens is 3. The first kappa shape index (κ1) is 15.4. The topological polar surface area (TPSA) is 29.1 Å². The highest BCUT2D eigenvalue weighted by Crippen LogP contribution is 2.24. The summed E-state index contributed by atoms with van der Waals surface area (Å²) in [7, 11) is 0. The molecule has 2 nitrogen and oxygen atoms in total. The van der Waals surface area contributed by atoms with Gasteiger partial charge >= 0.3 is 0 Å². The third kappa shape index (κ3) is 3.57. The van der Waals surface area contributed by atoms with Crippen molar-refractivity contribution in [3.8, 4) is 0 Å². The number of benzene rings is 1. The summed E-state index contributed by atoms with van der Waals surface area (Å²) in [5.41, 5.74) is -0.496. The molecule has 2 atom stereocenters. The first-order chi connectivity index (χ1) is 9.49. The molecule has 1 aromatic rings. The van der Waals surface area contributed by atoms with Crippen LogP contribution in [0.1, 0.15) is 49.4 Å². The molecule has 0 radical (unpaired) electrons. The molecular weight excluding hydrogens is 328 g/mol. The molecule has 5 heteroatoms. The van der Waals surface area contributed by atoms with E-state index in [1.165, 1.54) is 0 Å². The SMILES string of the molecule is CC1CCCCCC1NC(=O)c1c(F)cc(Br)cc1F. The van der Waals surface area contributed by atoms with Crippen molar-refractivity contribution >= 4 is 21.8 Å². The molecule has 2 rings (SSSR count). The minimum atomic E-state index is -0.837. The van der Waals surface area contributed by atoms with Crippen LogP contribution in [0.5, 0.6) is 0 Å². The van der Waals surface area contributed by atoms with Crippen LogP contribution in [-0.4, -0.2) is 11.9 Å². The third-order valence-corrected chi connectivity index (χ3v) is 4.37. The summed E-state index contributed by atoms with van der Waals surface area (Å²) < 4.78 is 27.8. The van der Waals surface area contributed by atoms with E-state index in [0.29, 0.717) is 5.92 Å². The Morgan fingerprint density at radius 3 is 2.45 bits per heavy atom. The Morgan fingerprint density at radius 2 is 1.80 bits per heavy atom. The van der Waals surface area contributed by atoms with Gasteiger partial charge in [0.2, 0.25) is 0 Å². The lowest BCUT2D eigenvalue weighted by atomic mass is 9.96. The van der Waals surface area contributed by atoms with Crippen molar-refractivity contribution in [2.45, 2.75) is 45.1 Å². The predicted octanol–water partition coefficient (Wildman–Crippen LogP) is 4.43. The molecule has 1 saturated carbocycles. The van der Waals surface area contributed by atoms with Gasteiger partial charge < -0.3 is 5.32 Å². The van der Waals surface area contributed by atoms with Gasteiger partial charge in [0, 0.05) is 10.5 Å². The molecule has 1 aliphatic carbocycles. The van der Waals surface area contributed by atoms with E-state index in [1.807, 2.05) is 0 Å². The molecule has 0 heterocycles. The monoisotopic (exact) mass is 345 g/mol. The largest absolute Gasteiger partial charge is 0.349 e. The minimum absolute atomic E-state index is 0.00699. The van der Waals surface area contributed by atoms with Crippen molar-refractivity contribution in [2.24, 2.45) is 5.92 Å². The number of nitrogens with one attached hydrogen (secondary N) is 1. The van der Waals surface area contributed by atoms with Crippen molar-refractivity contribution in [2.75, 3.05) is 0 Å². The average Bonchev–Trinajstić information content (AvgIpc) is 2.53. The highest BCUT2D eigenvalue weighted by atomic mass is 79.9. The number of hydrogen-bond acceptors (Lipinski definition) is 1. The maximum Gasteiger partial charge on any atom is 0.257 e. The van der Waals surface area contributed by atoms with Gasteiger partial charge in [0.05, 0.1) is 0 Å². The normalized spacial score (nSPS) is 23.2. The second-order valence-electron chi connectivity index (χ2n) is 5.44. The molecule has 0 aliphatic heterocycles. The molecule has 1 N–H and O–H groups in total. The molecule has 1 aromatic carbocycles. The summed E-state index contributed by atoms with van der Waals surface area (Å²) in [6.07, 6.45) is 5.25. The van der Waals surface area contributed by atoms with E-state index >= 15 is 0 Å². The van der Waals surface area contributed by atoms with Crippen molar-refractivity contribution in [1.29, 1.82) is 0 Å². The van der Waals surface area contributed by atoms with Gasteiger partial charge in [0.25, 0.3) is 5.91 Å². The van der Waals surface area contributed by atoms with Gasteiger partial charge in [0.15, 0.2) is 0 Å². The maximum absolute atomic E-state index is 13.8. The Balaban J connectivity index is 2.15. The zero-order valence-corrected chi connectivity index (χ0v) is 13.0. The highest BCUT2D eigenvalue weighted by Gasteiger charge is 2.25. The van der Waals surface area contributed by atoms with Crippen LogP contribution in [0.4, 0.5) is 8.78 Å². The molecule has 0 spiro atoms. The number of carbonyl (C=O) groups excluding carboxylic acids is 1. The first-order valence-corrected chi connectivity index (χ1v) is 7.73. The summed E-state index contributed by atoms with van der Waals surface area (Å²) in [6.45, 7) is 2.07. The van der Waals surface area contributed by atoms with Crippen LogP contribution in [0.2, 0.25) is 0 Å². The Hall–Kier alpha value is -0.970. The van der Waals surface area contributed by atoms with E-state index in [-0.39, 0.29) is 10.5 Å². The lowest BCUT2D eigenvalue weighted by Crippen LogP contribution is -2.39. The Bertz CT molecular complexity index is 484. The van der Waals surface area contributed by atoms with Crippen LogP contribution < -0.4 is 5.32 Å². The summed E-state index contributed by atoms with van der Waals surface area (Å²) in [6, 6.07) is 2.20. The number of hydrogen-bond donors (Lipinski definition) is 1. The van der Waals surface area contributed by atoms with Gasteiger partial charge in [0.1, 0.15) is 17.2 Å². The molecular formula is C15H18BrF2NO. The summed E-state index contributed by atoms with van der Waals surface area (Å²) in [5.74, 6) is -2.00. The molecule has 1 aliphatic rings. The fraction of sp³-hybridized carbons (Fsp3) is 0.533. The summed E-state index contributed by atoms with van der Waals surface area (Å²) in [5, 5.41) is 2.79. The lowest BCUT2D eigenvalue weighted by molar-refractivity contribution is 0.0913. The van der Waals surface area contributed by atoms with Crippen LogP contribution in [0.3, 0.4) is 0 Å². The molecule has 20 heavy (non-hydrogen) atoms. The fourth-order valence-electron chi connectivity index (χ4n) is 2.71.